The van der Waals surface area contributed by atoms with Crippen LogP contribution in [0.1, 0.15) is 63.9 Å². The second kappa shape index (κ2) is 12.5. The third-order valence-electron chi connectivity index (χ3n) is 5.87. The van der Waals surface area contributed by atoms with Crippen molar-refractivity contribution in [3.8, 4) is 11.5 Å². The molecule has 1 saturated heterocycles. The number of rotatable bonds is 12. The molecule has 1 aliphatic heterocycles. The molecule has 0 N–H and O–H groups in total. The monoisotopic (exact) mass is 395 g/mol. The van der Waals surface area contributed by atoms with Crippen LogP contribution in [0, 0.1) is 0 Å². The first-order chi connectivity index (χ1) is 14.3. The summed E-state index contributed by atoms with van der Waals surface area (Å²) in [6.45, 7) is 6.38. The Kier molecular flexibility index (Phi) is 9.38. The highest BCUT2D eigenvalue weighted by atomic mass is 16.5. The van der Waals surface area contributed by atoms with Gasteiger partial charge in [0.25, 0.3) is 0 Å². The highest BCUT2D eigenvalue weighted by molar-refractivity contribution is 5.31. The van der Waals surface area contributed by atoms with Gasteiger partial charge in [0, 0.05) is 6.04 Å². The topological polar surface area (TPSA) is 21.7 Å². The third-order valence-corrected chi connectivity index (χ3v) is 5.87. The zero-order chi connectivity index (χ0) is 20.2. The second-order valence-corrected chi connectivity index (χ2v) is 8.24. The number of ether oxygens (including phenoxy) is 2. The molecule has 0 aliphatic carbocycles. The van der Waals surface area contributed by atoms with Crippen LogP contribution >= 0.6 is 0 Å². The predicted octanol–water partition coefficient (Wildman–Crippen LogP) is 6.47. The van der Waals surface area contributed by atoms with Crippen LogP contribution in [-0.4, -0.2) is 30.6 Å². The van der Waals surface area contributed by atoms with Gasteiger partial charge >= 0.3 is 0 Å². The largest absolute Gasteiger partial charge is 0.494 e. The van der Waals surface area contributed by atoms with Gasteiger partial charge in [-0.05, 0) is 75.5 Å². The van der Waals surface area contributed by atoms with Crippen LogP contribution in [0.2, 0.25) is 0 Å². The van der Waals surface area contributed by atoms with E-state index in [1.165, 1.54) is 63.6 Å². The summed E-state index contributed by atoms with van der Waals surface area (Å²) in [6.07, 6.45) is 10.6. The summed E-state index contributed by atoms with van der Waals surface area (Å²) in [7, 11) is 0. The van der Waals surface area contributed by atoms with Crippen LogP contribution in [0.4, 0.5) is 0 Å². The van der Waals surface area contributed by atoms with E-state index in [2.05, 4.69) is 24.0 Å². The Balaban J connectivity index is 1.21. The van der Waals surface area contributed by atoms with Crippen molar-refractivity contribution in [3.63, 3.8) is 0 Å². The smallest absolute Gasteiger partial charge is 0.120 e. The predicted molar refractivity (Wildman–Crippen MR) is 121 cm³/mol. The number of nitrogens with zero attached hydrogens (tertiary/aromatic N) is 1. The van der Waals surface area contributed by atoms with E-state index >= 15 is 0 Å². The minimum Gasteiger partial charge on any atom is -0.494 e. The lowest BCUT2D eigenvalue weighted by molar-refractivity contribution is 0.157. The van der Waals surface area contributed by atoms with Crippen molar-refractivity contribution in [2.45, 2.75) is 70.9 Å². The Morgan fingerprint density at radius 1 is 0.793 bits per heavy atom. The normalized spacial score (nSPS) is 17.2. The highest BCUT2D eigenvalue weighted by Gasteiger charge is 2.16. The molecule has 29 heavy (non-hydrogen) atoms. The number of hydrogen-bond acceptors (Lipinski definition) is 3. The van der Waals surface area contributed by atoms with Gasteiger partial charge in [-0.1, -0.05) is 56.0 Å². The minimum atomic E-state index is 0.595. The minimum absolute atomic E-state index is 0.595. The van der Waals surface area contributed by atoms with Gasteiger partial charge in [0.1, 0.15) is 18.1 Å². The molecule has 1 unspecified atom stereocenters. The zero-order valence-corrected chi connectivity index (χ0v) is 18.0. The third kappa shape index (κ3) is 8.10. The first kappa shape index (κ1) is 21.7. The Morgan fingerprint density at radius 2 is 1.48 bits per heavy atom. The Labute approximate surface area is 177 Å². The molecule has 0 aromatic heterocycles. The van der Waals surface area contributed by atoms with E-state index < -0.39 is 0 Å². The molecular weight excluding hydrogens is 358 g/mol. The molecule has 0 saturated carbocycles. The maximum Gasteiger partial charge on any atom is 0.120 e. The van der Waals surface area contributed by atoms with Crippen LogP contribution in [0.25, 0.3) is 0 Å². The first-order valence-electron chi connectivity index (χ1n) is 11.4. The van der Waals surface area contributed by atoms with Crippen molar-refractivity contribution in [2.75, 3.05) is 19.7 Å². The van der Waals surface area contributed by atoms with Crippen molar-refractivity contribution >= 4 is 0 Å². The van der Waals surface area contributed by atoms with Gasteiger partial charge in [0.15, 0.2) is 0 Å². The molecule has 0 amide bonds. The number of hydrogen-bond donors (Lipinski definition) is 0. The van der Waals surface area contributed by atoms with Crippen LogP contribution in [0.15, 0.2) is 54.6 Å². The maximum atomic E-state index is 5.88. The van der Waals surface area contributed by atoms with Crippen molar-refractivity contribution in [2.24, 2.45) is 0 Å². The van der Waals surface area contributed by atoms with Crippen molar-refractivity contribution < 1.29 is 9.47 Å². The average Bonchev–Trinajstić information content (AvgIpc) is 2.77. The molecule has 1 aliphatic rings. The molecule has 0 spiro atoms. The standard InChI is InChI=1S/C26H37NO2/c1-23-12-8-10-20-27(23)19-9-3-2-4-11-21-28-25-15-17-26(18-16-25)29-22-24-13-6-5-7-14-24/h5-7,13-18,23H,2-4,8-12,19-22H2,1H3. The van der Waals surface area contributed by atoms with E-state index in [0.29, 0.717) is 6.61 Å². The van der Waals surface area contributed by atoms with Crippen molar-refractivity contribution in [1.82, 2.24) is 4.90 Å². The van der Waals surface area contributed by atoms with Gasteiger partial charge in [-0.15, -0.1) is 0 Å². The van der Waals surface area contributed by atoms with Gasteiger partial charge in [-0.3, -0.25) is 0 Å². The molecular formula is C26H37NO2. The SMILES string of the molecule is CC1CCCCN1CCCCCCCOc1ccc(OCc2ccccc2)cc1. The quantitative estimate of drug-likeness (QED) is 0.384. The molecule has 158 valence electrons. The van der Waals surface area contributed by atoms with E-state index in [0.717, 1.165) is 30.6 Å². The fourth-order valence-electron chi connectivity index (χ4n) is 4.00. The average molecular weight is 396 g/mol. The lowest BCUT2D eigenvalue weighted by atomic mass is 10.0. The zero-order valence-electron chi connectivity index (χ0n) is 18.0. The molecule has 3 rings (SSSR count). The molecule has 2 aromatic carbocycles. The summed E-state index contributed by atoms with van der Waals surface area (Å²) in [5.74, 6) is 1.81. The molecule has 0 bridgehead atoms. The molecule has 2 aromatic rings. The summed E-state index contributed by atoms with van der Waals surface area (Å²) in [5, 5.41) is 0. The fourth-order valence-corrected chi connectivity index (χ4v) is 4.00. The van der Waals surface area contributed by atoms with E-state index in [1.54, 1.807) is 0 Å². The maximum absolute atomic E-state index is 5.88. The summed E-state index contributed by atoms with van der Waals surface area (Å²) in [5.41, 5.74) is 1.18. The Bertz CT molecular complexity index is 671. The Morgan fingerprint density at radius 3 is 2.24 bits per heavy atom. The van der Waals surface area contributed by atoms with Crippen LogP contribution in [0.5, 0.6) is 11.5 Å². The number of likely N-dealkylation sites (tertiary alicyclic amines) is 1. The van der Waals surface area contributed by atoms with Gasteiger partial charge in [0.05, 0.1) is 6.61 Å². The summed E-state index contributed by atoms with van der Waals surface area (Å²) < 4.78 is 11.7. The molecule has 1 fully saturated rings. The molecule has 1 heterocycles. The lowest BCUT2D eigenvalue weighted by Gasteiger charge is -2.33. The first-order valence-corrected chi connectivity index (χ1v) is 11.4. The second-order valence-electron chi connectivity index (χ2n) is 8.24. The molecule has 0 radical (unpaired) electrons. The van der Waals surface area contributed by atoms with E-state index in [-0.39, 0.29) is 0 Å². The number of piperidine rings is 1. The number of benzene rings is 2. The summed E-state index contributed by atoms with van der Waals surface area (Å²) in [4.78, 5) is 2.68. The van der Waals surface area contributed by atoms with E-state index in [1.807, 2.05) is 42.5 Å². The molecule has 3 heteroatoms. The lowest BCUT2D eigenvalue weighted by Crippen LogP contribution is -2.37. The van der Waals surface area contributed by atoms with E-state index in [4.69, 9.17) is 9.47 Å². The van der Waals surface area contributed by atoms with Crippen LogP contribution < -0.4 is 9.47 Å². The van der Waals surface area contributed by atoms with Crippen LogP contribution in [-0.2, 0) is 6.61 Å². The molecule has 3 nitrogen and oxygen atoms in total. The van der Waals surface area contributed by atoms with Crippen LogP contribution in [0.3, 0.4) is 0 Å². The highest BCUT2D eigenvalue weighted by Crippen LogP contribution is 2.20. The number of unbranched alkanes of at least 4 members (excludes halogenated alkanes) is 4. The summed E-state index contributed by atoms with van der Waals surface area (Å²) >= 11 is 0. The fraction of sp³-hybridized carbons (Fsp3) is 0.538. The molecule has 1 atom stereocenters. The van der Waals surface area contributed by atoms with Gasteiger partial charge in [-0.2, -0.15) is 0 Å². The van der Waals surface area contributed by atoms with Gasteiger partial charge < -0.3 is 14.4 Å². The Hall–Kier alpha value is -2.00. The van der Waals surface area contributed by atoms with Crippen molar-refractivity contribution in [3.05, 3.63) is 60.2 Å². The van der Waals surface area contributed by atoms with E-state index in [9.17, 15) is 0 Å². The summed E-state index contributed by atoms with van der Waals surface area (Å²) in [6, 6.07) is 19.0. The van der Waals surface area contributed by atoms with Crippen molar-refractivity contribution in [1.29, 1.82) is 0 Å². The van der Waals surface area contributed by atoms with Gasteiger partial charge in [0.2, 0.25) is 0 Å². The van der Waals surface area contributed by atoms with Gasteiger partial charge in [-0.25, -0.2) is 0 Å².